The zero-order chi connectivity index (χ0) is 15.4. The van der Waals surface area contributed by atoms with Crippen molar-refractivity contribution in [2.45, 2.75) is 26.5 Å². The Balaban J connectivity index is 2.20. The normalized spacial score (nSPS) is 11.8. The Morgan fingerprint density at radius 1 is 1.29 bits per heavy atom. The van der Waals surface area contributed by atoms with Crippen LogP contribution in [0.4, 0.5) is 4.39 Å². The molecule has 4 heteroatoms. The quantitative estimate of drug-likeness (QED) is 0.933. The van der Waals surface area contributed by atoms with Gasteiger partial charge in [0.25, 0.3) is 0 Å². The van der Waals surface area contributed by atoms with Crippen LogP contribution in [0.3, 0.4) is 0 Å². The lowest BCUT2D eigenvalue weighted by Gasteiger charge is -2.15. The van der Waals surface area contributed by atoms with Crippen LogP contribution in [0.2, 0.25) is 0 Å². The Hall–Kier alpha value is -2.38. The molecule has 3 nitrogen and oxygen atoms in total. The van der Waals surface area contributed by atoms with Gasteiger partial charge in [-0.2, -0.15) is 5.26 Å². The summed E-state index contributed by atoms with van der Waals surface area (Å²) in [6.07, 6.45) is 0. The third-order valence-electron chi connectivity index (χ3n) is 3.22. The lowest BCUT2D eigenvalue weighted by molar-refractivity contribution is 0.295. The summed E-state index contributed by atoms with van der Waals surface area (Å²) in [6.45, 7) is 3.93. The van der Waals surface area contributed by atoms with E-state index in [4.69, 9.17) is 15.7 Å². The zero-order valence-electron chi connectivity index (χ0n) is 12.1. The predicted octanol–water partition coefficient (Wildman–Crippen LogP) is 3.60. The molecule has 0 aliphatic rings. The maximum absolute atomic E-state index is 13.8. The minimum absolute atomic E-state index is 0.0979. The monoisotopic (exact) mass is 284 g/mol. The number of nitriles is 1. The number of nitrogens with zero attached hydrogens (tertiary/aromatic N) is 1. The first-order valence-corrected chi connectivity index (χ1v) is 6.68. The summed E-state index contributed by atoms with van der Waals surface area (Å²) >= 11 is 0. The molecule has 0 aliphatic carbocycles. The van der Waals surface area contributed by atoms with Gasteiger partial charge >= 0.3 is 0 Å². The highest BCUT2D eigenvalue weighted by Crippen LogP contribution is 2.26. The van der Waals surface area contributed by atoms with Gasteiger partial charge in [0.1, 0.15) is 18.2 Å². The second kappa shape index (κ2) is 6.38. The van der Waals surface area contributed by atoms with Crippen molar-refractivity contribution in [2.24, 2.45) is 5.73 Å². The van der Waals surface area contributed by atoms with Crippen molar-refractivity contribution in [3.8, 4) is 11.8 Å². The Morgan fingerprint density at radius 2 is 2.05 bits per heavy atom. The van der Waals surface area contributed by atoms with Crippen LogP contribution < -0.4 is 10.5 Å². The molecule has 2 rings (SSSR count). The van der Waals surface area contributed by atoms with Gasteiger partial charge in [-0.1, -0.05) is 18.2 Å². The van der Waals surface area contributed by atoms with Crippen LogP contribution >= 0.6 is 0 Å². The average Bonchev–Trinajstić information content (AvgIpc) is 2.45. The topological polar surface area (TPSA) is 59.0 Å². The van der Waals surface area contributed by atoms with Crippen LogP contribution in [0.1, 0.15) is 35.2 Å². The van der Waals surface area contributed by atoms with Crippen LogP contribution in [0, 0.1) is 24.1 Å². The molecule has 2 aromatic rings. The molecule has 0 saturated carbocycles. The molecule has 21 heavy (non-hydrogen) atoms. The smallest absolute Gasteiger partial charge is 0.131 e. The maximum atomic E-state index is 13.8. The largest absolute Gasteiger partial charge is 0.488 e. The first-order valence-electron chi connectivity index (χ1n) is 6.68. The molecule has 0 bridgehead atoms. The molecule has 0 saturated heterocycles. The minimum Gasteiger partial charge on any atom is -0.488 e. The molecule has 0 aliphatic heterocycles. The summed E-state index contributed by atoms with van der Waals surface area (Å²) in [5, 5.41) is 8.73. The first kappa shape index (κ1) is 15.0. The summed E-state index contributed by atoms with van der Waals surface area (Å²) in [6, 6.07) is 11.9. The molecule has 0 aromatic heterocycles. The molecule has 1 atom stereocenters. The van der Waals surface area contributed by atoms with Crippen LogP contribution in [0.5, 0.6) is 5.75 Å². The van der Waals surface area contributed by atoms with Crippen molar-refractivity contribution in [1.29, 1.82) is 5.26 Å². The molecular weight excluding hydrogens is 267 g/mol. The number of ether oxygens (including phenoxy) is 1. The molecule has 0 radical (unpaired) electrons. The van der Waals surface area contributed by atoms with Crippen molar-refractivity contribution in [1.82, 2.24) is 0 Å². The average molecular weight is 284 g/mol. The van der Waals surface area contributed by atoms with E-state index in [1.807, 2.05) is 38.1 Å². The Kier molecular flexibility index (Phi) is 4.56. The van der Waals surface area contributed by atoms with Gasteiger partial charge in [-0.05, 0) is 37.6 Å². The van der Waals surface area contributed by atoms with E-state index < -0.39 is 5.82 Å². The third-order valence-corrected chi connectivity index (χ3v) is 3.22. The molecule has 108 valence electrons. The fourth-order valence-electron chi connectivity index (χ4n) is 2.03. The van der Waals surface area contributed by atoms with E-state index >= 15 is 0 Å². The van der Waals surface area contributed by atoms with Crippen LogP contribution in [-0.4, -0.2) is 0 Å². The van der Waals surface area contributed by atoms with E-state index in [-0.39, 0.29) is 12.6 Å². The maximum Gasteiger partial charge on any atom is 0.131 e. The molecular formula is C17H17FN2O. The van der Waals surface area contributed by atoms with Crippen molar-refractivity contribution in [2.75, 3.05) is 0 Å². The van der Waals surface area contributed by atoms with Gasteiger partial charge in [0.05, 0.1) is 11.6 Å². The van der Waals surface area contributed by atoms with E-state index in [9.17, 15) is 4.39 Å². The van der Waals surface area contributed by atoms with Gasteiger partial charge in [0.2, 0.25) is 0 Å². The van der Waals surface area contributed by atoms with E-state index in [0.717, 1.165) is 11.1 Å². The number of nitrogens with two attached hydrogens (primary N) is 1. The highest BCUT2D eigenvalue weighted by atomic mass is 19.1. The minimum atomic E-state index is -0.441. The fraction of sp³-hybridized carbons (Fsp3) is 0.235. The van der Waals surface area contributed by atoms with E-state index in [1.165, 1.54) is 6.07 Å². The van der Waals surface area contributed by atoms with Gasteiger partial charge in [-0.3, -0.25) is 0 Å². The number of hydrogen-bond acceptors (Lipinski definition) is 3. The Bertz CT molecular complexity index is 690. The van der Waals surface area contributed by atoms with E-state index in [0.29, 0.717) is 16.9 Å². The number of hydrogen-bond donors (Lipinski definition) is 1. The molecule has 2 aromatic carbocycles. The molecule has 0 fully saturated rings. The third kappa shape index (κ3) is 3.59. The van der Waals surface area contributed by atoms with Crippen LogP contribution in [-0.2, 0) is 6.61 Å². The fourth-order valence-corrected chi connectivity index (χ4v) is 2.03. The number of benzene rings is 2. The second-order valence-corrected chi connectivity index (χ2v) is 5.04. The van der Waals surface area contributed by atoms with Gasteiger partial charge in [-0.25, -0.2) is 4.39 Å². The molecule has 1 unspecified atom stereocenters. The second-order valence-electron chi connectivity index (χ2n) is 5.04. The summed E-state index contributed by atoms with van der Waals surface area (Å²) in [4.78, 5) is 0. The van der Waals surface area contributed by atoms with Gasteiger partial charge < -0.3 is 10.5 Å². The van der Waals surface area contributed by atoms with E-state index in [1.54, 1.807) is 12.1 Å². The van der Waals surface area contributed by atoms with Crippen LogP contribution in [0.15, 0.2) is 36.4 Å². The number of halogens is 1. The summed E-state index contributed by atoms with van der Waals surface area (Å²) in [5.74, 6) is 0.220. The lowest BCUT2D eigenvalue weighted by Crippen LogP contribution is -2.08. The van der Waals surface area contributed by atoms with Crippen molar-refractivity contribution in [3.05, 3.63) is 64.5 Å². The highest BCUT2D eigenvalue weighted by Gasteiger charge is 2.10. The molecule has 0 heterocycles. The standard InChI is InChI=1S/C17H17FN2O/c1-11-3-6-15(12(2)20)17(7-11)21-10-14-5-4-13(9-19)8-16(14)18/h3-8,12H,10,20H2,1-2H3. The van der Waals surface area contributed by atoms with Crippen molar-refractivity contribution in [3.63, 3.8) is 0 Å². The first-order chi connectivity index (χ1) is 10.0. The Morgan fingerprint density at radius 3 is 2.67 bits per heavy atom. The Labute approximate surface area is 123 Å². The van der Waals surface area contributed by atoms with Crippen molar-refractivity contribution >= 4 is 0 Å². The van der Waals surface area contributed by atoms with Gasteiger partial charge in [0, 0.05) is 17.2 Å². The lowest BCUT2D eigenvalue weighted by atomic mass is 10.1. The summed E-state index contributed by atoms with van der Waals surface area (Å²) < 4.78 is 19.5. The summed E-state index contributed by atoms with van der Waals surface area (Å²) in [7, 11) is 0. The van der Waals surface area contributed by atoms with Crippen LogP contribution in [0.25, 0.3) is 0 Å². The predicted molar refractivity (Wildman–Crippen MR) is 79.2 cm³/mol. The molecule has 2 N–H and O–H groups in total. The zero-order valence-corrected chi connectivity index (χ0v) is 12.1. The van der Waals surface area contributed by atoms with E-state index in [2.05, 4.69) is 0 Å². The van der Waals surface area contributed by atoms with Gasteiger partial charge in [0.15, 0.2) is 0 Å². The van der Waals surface area contributed by atoms with Crippen molar-refractivity contribution < 1.29 is 9.13 Å². The van der Waals surface area contributed by atoms with Gasteiger partial charge in [-0.15, -0.1) is 0 Å². The SMILES string of the molecule is Cc1ccc(C(C)N)c(OCc2ccc(C#N)cc2F)c1. The highest BCUT2D eigenvalue weighted by molar-refractivity contribution is 5.39. The molecule has 0 amide bonds. The number of rotatable bonds is 4. The summed E-state index contributed by atoms with van der Waals surface area (Å²) in [5.41, 5.74) is 8.55. The number of aryl methyl sites for hydroxylation is 1. The molecule has 0 spiro atoms.